The zero-order valence-electron chi connectivity index (χ0n) is 12.6. The number of benzene rings is 2. The highest BCUT2D eigenvalue weighted by atomic mass is 16.2. The number of carbonyl (C=O) groups is 1. The molecule has 2 aromatic carbocycles. The predicted octanol–water partition coefficient (Wildman–Crippen LogP) is 2.62. The molecule has 0 spiro atoms. The fourth-order valence-electron chi connectivity index (χ4n) is 2.83. The lowest BCUT2D eigenvalue weighted by Gasteiger charge is -2.24. The van der Waals surface area contributed by atoms with Gasteiger partial charge in [-0.15, -0.1) is 0 Å². The average Bonchev–Trinajstić information content (AvgIpc) is 2.82. The lowest BCUT2D eigenvalue weighted by atomic mass is 10.2. The number of nitrogens with zero attached hydrogens (tertiary/aromatic N) is 2. The Labute approximate surface area is 131 Å². The number of hydrogen-bond donors (Lipinski definition) is 1. The molecule has 4 heteroatoms. The molecule has 3 rings (SSSR count). The fraction of sp³-hybridized carbons (Fsp3) is 0.278. The van der Waals surface area contributed by atoms with Crippen molar-refractivity contribution in [2.75, 3.05) is 36.8 Å². The molecule has 2 N–H and O–H groups in total. The summed E-state index contributed by atoms with van der Waals surface area (Å²) in [5.41, 5.74) is 8.46. The maximum absolute atomic E-state index is 12.5. The molecule has 4 nitrogen and oxygen atoms in total. The summed E-state index contributed by atoms with van der Waals surface area (Å²) in [6.07, 6.45) is 0.975. The Kier molecular flexibility index (Phi) is 4.28. The van der Waals surface area contributed by atoms with Gasteiger partial charge < -0.3 is 15.5 Å². The van der Waals surface area contributed by atoms with E-state index < -0.39 is 0 Å². The highest BCUT2D eigenvalue weighted by Crippen LogP contribution is 2.19. The molecule has 2 aromatic rings. The molecule has 0 saturated carbocycles. The van der Waals surface area contributed by atoms with Gasteiger partial charge in [0.25, 0.3) is 5.91 Å². The minimum Gasteiger partial charge on any atom is -0.399 e. The van der Waals surface area contributed by atoms with Crippen molar-refractivity contribution in [1.29, 1.82) is 0 Å². The number of nitrogen functional groups attached to an aromatic ring is 1. The Hall–Kier alpha value is -2.49. The molecule has 0 radical (unpaired) electrons. The minimum atomic E-state index is 0.125. The molecule has 0 bridgehead atoms. The predicted molar refractivity (Wildman–Crippen MR) is 90.0 cm³/mol. The number of hydrogen-bond acceptors (Lipinski definition) is 3. The Bertz CT molecular complexity index is 625. The first-order valence-corrected chi connectivity index (χ1v) is 7.69. The summed E-state index contributed by atoms with van der Waals surface area (Å²) in [4.78, 5) is 16.8. The van der Waals surface area contributed by atoms with E-state index in [0.29, 0.717) is 0 Å². The number of nitrogens with two attached hydrogens (primary N) is 1. The highest BCUT2D eigenvalue weighted by molar-refractivity contribution is 5.94. The third-order valence-electron chi connectivity index (χ3n) is 4.06. The van der Waals surface area contributed by atoms with E-state index in [1.807, 2.05) is 59.5 Å². The average molecular weight is 295 g/mol. The maximum atomic E-state index is 12.5. The van der Waals surface area contributed by atoms with Gasteiger partial charge >= 0.3 is 0 Å². The van der Waals surface area contributed by atoms with Gasteiger partial charge in [0.1, 0.15) is 0 Å². The molecule has 22 heavy (non-hydrogen) atoms. The Balaban J connectivity index is 1.67. The second-order valence-electron chi connectivity index (χ2n) is 5.59. The van der Waals surface area contributed by atoms with Crippen LogP contribution in [0.2, 0.25) is 0 Å². The third kappa shape index (κ3) is 3.22. The van der Waals surface area contributed by atoms with Crippen molar-refractivity contribution in [3.05, 3.63) is 60.2 Å². The molecular weight excluding hydrogens is 274 g/mol. The van der Waals surface area contributed by atoms with E-state index in [-0.39, 0.29) is 5.91 Å². The van der Waals surface area contributed by atoms with Crippen LogP contribution < -0.4 is 10.6 Å². The quantitative estimate of drug-likeness (QED) is 0.867. The molecular formula is C18H21N3O. The van der Waals surface area contributed by atoms with Crippen molar-refractivity contribution >= 4 is 17.3 Å². The molecule has 0 unspecified atom stereocenters. The van der Waals surface area contributed by atoms with Crippen LogP contribution in [0.1, 0.15) is 16.8 Å². The Morgan fingerprint density at radius 1 is 0.864 bits per heavy atom. The van der Waals surface area contributed by atoms with Crippen molar-refractivity contribution < 1.29 is 4.79 Å². The van der Waals surface area contributed by atoms with E-state index in [1.165, 1.54) is 5.69 Å². The second kappa shape index (κ2) is 6.52. The van der Waals surface area contributed by atoms with Gasteiger partial charge in [-0.05, 0) is 42.8 Å². The lowest BCUT2D eigenvalue weighted by molar-refractivity contribution is 0.0767. The van der Waals surface area contributed by atoms with Crippen molar-refractivity contribution in [3.8, 4) is 0 Å². The molecule has 1 heterocycles. The fourth-order valence-corrected chi connectivity index (χ4v) is 2.83. The first-order valence-electron chi connectivity index (χ1n) is 7.69. The molecule has 114 valence electrons. The van der Waals surface area contributed by atoms with Crippen molar-refractivity contribution in [2.45, 2.75) is 6.42 Å². The van der Waals surface area contributed by atoms with E-state index >= 15 is 0 Å². The van der Waals surface area contributed by atoms with Gasteiger partial charge in [-0.25, -0.2) is 0 Å². The van der Waals surface area contributed by atoms with Crippen LogP contribution in [0.25, 0.3) is 0 Å². The summed E-state index contributed by atoms with van der Waals surface area (Å²) in [6, 6.07) is 17.4. The third-order valence-corrected chi connectivity index (χ3v) is 4.06. The molecule has 1 aliphatic rings. The first-order chi connectivity index (χ1) is 10.7. The van der Waals surface area contributed by atoms with Gasteiger partial charge in [0, 0.05) is 43.1 Å². The van der Waals surface area contributed by atoms with Gasteiger partial charge in [0.15, 0.2) is 0 Å². The number of rotatable bonds is 2. The summed E-state index contributed by atoms with van der Waals surface area (Å²) in [7, 11) is 0. The van der Waals surface area contributed by atoms with E-state index in [9.17, 15) is 4.79 Å². The van der Waals surface area contributed by atoms with Crippen LogP contribution in [0.4, 0.5) is 11.4 Å². The minimum absolute atomic E-state index is 0.125. The molecule has 0 aromatic heterocycles. The first kappa shape index (κ1) is 14.4. The zero-order valence-corrected chi connectivity index (χ0v) is 12.6. The van der Waals surface area contributed by atoms with Gasteiger partial charge in [0.2, 0.25) is 0 Å². The Morgan fingerprint density at radius 3 is 2.32 bits per heavy atom. The lowest BCUT2D eigenvalue weighted by Crippen LogP contribution is -2.35. The summed E-state index contributed by atoms with van der Waals surface area (Å²) in [5, 5.41) is 0. The SMILES string of the molecule is Nc1ccc(N2CCCN(C(=O)c3ccccc3)CC2)cc1. The monoisotopic (exact) mass is 295 g/mol. The Morgan fingerprint density at radius 2 is 1.59 bits per heavy atom. The van der Waals surface area contributed by atoms with Gasteiger partial charge in [0.05, 0.1) is 0 Å². The largest absolute Gasteiger partial charge is 0.399 e. The molecule has 1 amide bonds. The van der Waals surface area contributed by atoms with E-state index in [0.717, 1.165) is 43.9 Å². The standard InChI is InChI=1S/C18H21N3O/c19-16-7-9-17(10-8-16)20-11-4-12-21(14-13-20)18(22)15-5-2-1-3-6-15/h1-3,5-10H,4,11-14,19H2. The van der Waals surface area contributed by atoms with E-state index in [4.69, 9.17) is 5.73 Å². The highest BCUT2D eigenvalue weighted by Gasteiger charge is 2.20. The summed E-state index contributed by atoms with van der Waals surface area (Å²) in [5.74, 6) is 0.125. The molecule has 1 saturated heterocycles. The molecule has 1 aliphatic heterocycles. The maximum Gasteiger partial charge on any atom is 0.253 e. The summed E-state index contributed by atoms with van der Waals surface area (Å²) < 4.78 is 0. The van der Waals surface area contributed by atoms with E-state index in [2.05, 4.69) is 4.90 Å². The molecule has 1 fully saturated rings. The number of anilines is 2. The van der Waals surface area contributed by atoms with Crippen LogP contribution in [-0.4, -0.2) is 37.0 Å². The van der Waals surface area contributed by atoms with Gasteiger partial charge in [-0.1, -0.05) is 18.2 Å². The molecule has 0 atom stereocenters. The van der Waals surface area contributed by atoms with Crippen LogP contribution in [0.5, 0.6) is 0 Å². The van der Waals surface area contributed by atoms with Crippen molar-refractivity contribution in [1.82, 2.24) is 4.90 Å². The summed E-state index contributed by atoms with van der Waals surface area (Å²) in [6.45, 7) is 3.36. The van der Waals surface area contributed by atoms with Crippen LogP contribution in [-0.2, 0) is 0 Å². The van der Waals surface area contributed by atoms with Crippen molar-refractivity contribution in [3.63, 3.8) is 0 Å². The van der Waals surface area contributed by atoms with Crippen LogP contribution in [0.3, 0.4) is 0 Å². The van der Waals surface area contributed by atoms with Gasteiger partial charge in [-0.3, -0.25) is 4.79 Å². The van der Waals surface area contributed by atoms with Gasteiger partial charge in [-0.2, -0.15) is 0 Å². The molecule has 0 aliphatic carbocycles. The number of carbonyl (C=O) groups excluding carboxylic acids is 1. The zero-order chi connectivity index (χ0) is 15.4. The smallest absolute Gasteiger partial charge is 0.253 e. The van der Waals surface area contributed by atoms with Crippen LogP contribution in [0, 0.1) is 0 Å². The number of amides is 1. The van der Waals surface area contributed by atoms with E-state index in [1.54, 1.807) is 0 Å². The summed E-state index contributed by atoms with van der Waals surface area (Å²) >= 11 is 0. The topological polar surface area (TPSA) is 49.6 Å². The van der Waals surface area contributed by atoms with Crippen LogP contribution in [0.15, 0.2) is 54.6 Å². The second-order valence-corrected chi connectivity index (χ2v) is 5.59. The van der Waals surface area contributed by atoms with Crippen molar-refractivity contribution in [2.24, 2.45) is 0 Å². The normalized spacial score (nSPS) is 15.5. The van der Waals surface area contributed by atoms with Crippen LogP contribution >= 0.6 is 0 Å².